The van der Waals surface area contributed by atoms with Gasteiger partial charge in [0.25, 0.3) is 0 Å². The second-order valence-electron chi connectivity index (χ2n) is 12.3. The molecule has 3 aromatic rings. The summed E-state index contributed by atoms with van der Waals surface area (Å²) in [5, 5.41) is 7.41. The monoisotopic (exact) mass is 719 g/mol. The zero-order valence-corrected chi connectivity index (χ0v) is 29.5. The third-order valence-corrected chi connectivity index (χ3v) is 11.1. The highest BCUT2D eigenvalue weighted by Crippen LogP contribution is 2.47. The largest absolute Gasteiger partial charge is 0.494 e. The first kappa shape index (κ1) is 32.2. The number of rotatable bonds is 9. The summed E-state index contributed by atoms with van der Waals surface area (Å²) in [6.45, 7) is 8.52. The van der Waals surface area contributed by atoms with E-state index in [2.05, 4.69) is 71.4 Å². The first-order valence-electron chi connectivity index (χ1n) is 15.1. The second kappa shape index (κ2) is 13.2. The molecule has 45 heavy (non-hydrogen) atoms. The molecule has 0 radical (unpaired) electrons. The molecule has 2 N–H and O–H groups in total. The molecule has 0 saturated carbocycles. The third kappa shape index (κ3) is 6.86. The molecule has 4 heterocycles. The van der Waals surface area contributed by atoms with E-state index in [0.717, 1.165) is 49.2 Å². The molecule has 3 aliphatic heterocycles. The Bertz CT molecular complexity index is 1610. The molecule has 2 saturated heterocycles. The summed E-state index contributed by atoms with van der Waals surface area (Å²) in [4.78, 5) is 16.4. The highest BCUT2D eigenvalue weighted by Gasteiger charge is 2.35. The maximum Gasteiger partial charge on any atom is 0.229 e. The summed E-state index contributed by atoms with van der Waals surface area (Å²) in [5.41, 5.74) is 2.39. The van der Waals surface area contributed by atoms with Gasteiger partial charge in [0.1, 0.15) is 31.1 Å². The normalized spacial score (nSPS) is 17.7. The van der Waals surface area contributed by atoms with Gasteiger partial charge in [0, 0.05) is 48.8 Å². The molecule has 11 nitrogen and oxygen atoms in total. The summed E-state index contributed by atoms with van der Waals surface area (Å²) in [6, 6.07) is 8.96. The summed E-state index contributed by atoms with van der Waals surface area (Å²) in [5.74, 6) is 2.41. The molecule has 2 fully saturated rings. The van der Waals surface area contributed by atoms with Gasteiger partial charge in [0.15, 0.2) is 17.3 Å². The zero-order valence-electron chi connectivity index (χ0n) is 26.3. The number of likely N-dealkylation sites (tertiary alicyclic amines) is 1. The van der Waals surface area contributed by atoms with Crippen molar-refractivity contribution in [1.82, 2.24) is 19.8 Å². The van der Waals surface area contributed by atoms with Crippen molar-refractivity contribution in [3.8, 4) is 17.2 Å². The molecular weight excluding hydrogens is 681 g/mol. The summed E-state index contributed by atoms with van der Waals surface area (Å²) < 4.78 is 31.7. The molecule has 0 bridgehead atoms. The fourth-order valence-electron chi connectivity index (χ4n) is 6.14. The lowest BCUT2D eigenvalue weighted by Gasteiger charge is -2.49. The minimum absolute atomic E-state index is 0.311. The van der Waals surface area contributed by atoms with Crippen LogP contribution < -0.4 is 35.0 Å². The van der Waals surface area contributed by atoms with Crippen molar-refractivity contribution in [3.63, 3.8) is 0 Å². The van der Waals surface area contributed by atoms with Gasteiger partial charge in [-0.25, -0.2) is 4.98 Å². The minimum atomic E-state index is -2.78. The molecule has 0 amide bonds. The number of nitrogens with zero attached hydrogens (tertiary/aromatic N) is 5. The van der Waals surface area contributed by atoms with Crippen LogP contribution in [0, 0.1) is 0 Å². The zero-order chi connectivity index (χ0) is 31.9. The molecule has 0 spiro atoms. The standard InChI is InChI=1S/C31H40BrClN7O4P/c1-38(2)20-17-40(18-20)19-8-10-39(11-9-19)25-15-27(42-3)24(14-21(25)32)36-31-34-16-22(33)30(37-31)35-23-6-7-26-28(44-13-12-43-26)29(23)45(4,5)41/h6-7,14-16,19-20H,8-13,17-18H2,1-5H3,(H2,34,35,36,37). The van der Waals surface area contributed by atoms with Gasteiger partial charge in [-0.15, -0.1) is 0 Å². The van der Waals surface area contributed by atoms with E-state index >= 15 is 0 Å². The molecule has 1 aromatic heterocycles. The van der Waals surface area contributed by atoms with Crippen LogP contribution in [0.15, 0.2) is 34.9 Å². The number of hydrogen-bond acceptors (Lipinski definition) is 11. The highest BCUT2D eigenvalue weighted by atomic mass is 79.9. The van der Waals surface area contributed by atoms with E-state index in [4.69, 9.17) is 25.8 Å². The average molecular weight is 721 g/mol. The Hall–Kier alpha value is -2.76. The van der Waals surface area contributed by atoms with Crippen molar-refractivity contribution in [2.75, 3.05) is 89.5 Å². The smallest absolute Gasteiger partial charge is 0.229 e. The molecule has 2 aromatic carbocycles. The number of likely N-dealkylation sites (N-methyl/N-ethyl adjacent to an activating group) is 1. The van der Waals surface area contributed by atoms with Crippen molar-refractivity contribution >= 4 is 68.8 Å². The van der Waals surface area contributed by atoms with Crippen LogP contribution in [0.5, 0.6) is 17.2 Å². The number of aromatic nitrogens is 2. The Labute approximate surface area is 278 Å². The second-order valence-corrected chi connectivity index (χ2v) is 16.7. The minimum Gasteiger partial charge on any atom is -0.494 e. The molecule has 0 aliphatic carbocycles. The van der Waals surface area contributed by atoms with Gasteiger partial charge in [-0.3, -0.25) is 4.90 Å². The van der Waals surface area contributed by atoms with E-state index < -0.39 is 7.14 Å². The number of nitrogens with one attached hydrogen (secondary N) is 2. The van der Waals surface area contributed by atoms with E-state index in [9.17, 15) is 4.57 Å². The van der Waals surface area contributed by atoms with Gasteiger partial charge < -0.3 is 39.2 Å². The van der Waals surface area contributed by atoms with Crippen molar-refractivity contribution in [1.29, 1.82) is 0 Å². The summed E-state index contributed by atoms with van der Waals surface area (Å²) in [6.07, 6.45) is 3.80. The van der Waals surface area contributed by atoms with Crippen LogP contribution >= 0.6 is 34.7 Å². The van der Waals surface area contributed by atoms with Gasteiger partial charge >= 0.3 is 0 Å². The number of ether oxygens (including phenoxy) is 3. The van der Waals surface area contributed by atoms with Crippen molar-refractivity contribution < 1.29 is 18.8 Å². The Morgan fingerprint density at radius 3 is 2.51 bits per heavy atom. The van der Waals surface area contributed by atoms with Crippen LogP contribution in [-0.4, -0.2) is 106 Å². The van der Waals surface area contributed by atoms with Crippen LogP contribution in [0.25, 0.3) is 0 Å². The SMILES string of the molecule is COc1cc(N2CCC(N3CC(N(C)C)C3)CC2)c(Br)cc1Nc1ncc(Cl)c(Nc2ccc3c(c2P(C)(C)=O)OCCO3)n1. The van der Waals surface area contributed by atoms with E-state index in [1.807, 2.05) is 6.07 Å². The van der Waals surface area contributed by atoms with Crippen molar-refractivity contribution in [2.45, 2.75) is 24.9 Å². The molecule has 6 rings (SSSR count). The van der Waals surface area contributed by atoms with E-state index in [1.54, 1.807) is 32.6 Å². The molecule has 14 heteroatoms. The van der Waals surface area contributed by atoms with Gasteiger partial charge in [-0.05, 0) is 74.4 Å². The number of halogens is 2. The lowest BCUT2D eigenvalue weighted by Crippen LogP contribution is -2.62. The number of anilines is 5. The van der Waals surface area contributed by atoms with Crippen LogP contribution in [0.2, 0.25) is 5.02 Å². The van der Waals surface area contributed by atoms with Gasteiger partial charge in [-0.1, -0.05) is 11.6 Å². The van der Waals surface area contributed by atoms with Crippen molar-refractivity contribution in [2.24, 2.45) is 0 Å². The topological polar surface area (TPSA) is 104 Å². The maximum absolute atomic E-state index is 13.4. The van der Waals surface area contributed by atoms with E-state index in [1.165, 1.54) is 6.20 Å². The molecule has 0 atom stereocenters. The average Bonchev–Trinajstić information content (AvgIpc) is 2.98. The first-order valence-corrected chi connectivity index (χ1v) is 18.9. The molecule has 3 aliphatic rings. The number of piperidine rings is 1. The maximum atomic E-state index is 13.4. The predicted molar refractivity (Wildman–Crippen MR) is 185 cm³/mol. The van der Waals surface area contributed by atoms with Crippen LogP contribution in [0.4, 0.5) is 28.8 Å². The van der Waals surface area contributed by atoms with Gasteiger partial charge in [-0.2, -0.15) is 4.98 Å². The molecule has 0 unspecified atom stereocenters. The Kier molecular flexibility index (Phi) is 9.41. The van der Waals surface area contributed by atoms with Crippen LogP contribution in [0.3, 0.4) is 0 Å². The molecular formula is C31H40BrClN7O4P. The van der Waals surface area contributed by atoms with Gasteiger partial charge in [0.05, 0.1) is 35.7 Å². The number of benzene rings is 2. The number of methoxy groups -OCH3 is 1. The fraction of sp³-hybridized carbons (Fsp3) is 0.484. The van der Waals surface area contributed by atoms with Crippen LogP contribution in [0.1, 0.15) is 12.8 Å². The third-order valence-electron chi connectivity index (χ3n) is 8.68. The van der Waals surface area contributed by atoms with Crippen molar-refractivity contribution in [3.05, 3.63) is 40.0 Å². The van der Waals surface area contributed by atoms with Gasteiger partial charge in [0.2, 0.25) is 5.95 Å². The number of fused-ring (bicyclic) bond motifs is 1. The van der Waals surface area contributed by atoms with E-state index in [0.29, 0.717) is 76.0 Å². The Morgan fingerprint density at radius 2 is 1.82 bits per heavy atom. The van der Waals surface area contributed by atoms with E-state index in [-0.39, 0.29) is 0 Å². The number of hydrogen-bond donors (Lipinski definition) is 2. The highest BCUT2D eigenvalue weighted by molar-refractivity contribution is 9.10. The molecule has 242 valence electrons. The predicted octanol–water partition coefficient (Wildman–Crippen LogP) is 5.62. The Morgan fingerprint density at radius 1 is 1.09 bits per heavy atom. The fourth-order valence-corrected chi connectivity index (χ4v) is 8.24. The lowest BCUT2D eigenvalue weighted by atomic mass is 9.96. The first-order chi connectivity index (χ1) is 21.5. The summed E-state index contributed by atoms with van der Waals surface area (Å²) >= 11 is 10.3. The quantitative estimate of drug-likeness (QED) is 0.269. The summed E-state index contributed by atoms with van der Waals surface area (Å²) in [7, 11) is 3.20. The van der Waals surface area contributed by atoms with Crippen LogP contribution in [-0.2, 0) is 4.57 Å². The lowest BCUT2D eigenvalue weighted by molar-refractivity contribution is 0.0188. The Balaban J connectivity index is 1.18.